The molecule has 2 rings (SSSR count). The summed E-state index contributed by atoms with van der Waals surface area (Å²) in [6.45, 7) is 0.0862. The molecule has 0 aromatic heterocycles. The van der Waals surface area contributed by atoms with Crippen LogP contribution in [0.3, 0.4) is 0 Å². The van der Waals surface area contributed by atoms with Crippen molar-refractivity contribution < 1.29 is 9.59 Å². The Balaban J connectivity index is 1.88. The summed E-state index contributed by atoms with van der Waals surface area (Å²) < 4.78 is 0. The molecule has 0 atom stereocenters. The van der Waals surface area contributed by atoms with Crippen LogP contribution >= 0.6 is 23.2 Å². The molecule has 0 aliphatic heterocycles. The van der Waals surface area contributed by atoms with Gasteiger partial charge in [0, 0.05) is 31.2 Å². The van der Waals surface area contributed by atoms with Gasteiger partial charge >= 0.3 is 0 Å². The van der Waals surface area contributed by atoms with Crippen molar-refractivity contribution in [3.63, 3.8) is 0 Å². The molecule has 0 heterocycles. The zero-order valence-corrected chi connectivity index (χ0v) is 16.2. The van der Waals surface area contributed by atoms with E-state index in [9.17, 15) is 9.59 Å². The van der Waals surface area contributed by atoms with Crippen LogP contribution in [0.2, 0.25) is 10.0 Å². The van der Waals surface area contributed by atoms with Crippen molar-refractivity contribution in [3.05, 3.63) is 58.1 Å². The number of anilines is 2. The van der Waals surface area contributed by atoms with E-state index in [1.165, 1.54) is 0 Å². The van der Waals surface area contributed by atoms with E-state index >= 15 is 0 Å². The van der Waals surface area contributed by atoms with E-state index < -0.39 is 0 Å². The summed E-state index contributed by atoms with van der Waals surface area (Å²) in [7, 11) is 3.48. The van der Waals surface area contributed by atoms with E-state index in [-0.39, 0.29) is 18.4 Å². The van der Waals surface area contributed by atoms with E-state index in [2.05, 4.69) is 10.6 Å². The Kier molecular flexibility index (Phi) is 7.30. The first-order valence-electron chi connectivity index (χ1n) is 8.13. The maximum atomic E-state index is 12.1. The third-order valence-electron chi connectivity index (χ3n) is 3.71. The van der Waals surface area contributed by atoms with Gasteiger partial charge in [-0.05, 0) is 42.3 Å². The smallest absolute Gasteiger partial charge is 0.243 e. The van der Waals surface area contributed by atoms with Crippen LogP contribution in [0.25, 0.3) is 0 Å². The molecule has 138 valence electrons. The fourth-order valence-electron chi connectivity index (χ4n) is 2.28. The number of benzene rings is 2. The van der Waals surface area contributed by atoms with Crippen LogP contribution < -0.4 is 10.6 Å². The Hall–Kier alpha value is -2.24. The minimum absolute atomic E-state index is 0.0844. The largest absolute Gasteiger partial charge is 0.376 e. The number of hydrogen-bond donors (Lipinski definition) is 2. The molecule has 0 saturated carbocycles. The Morgan fingerprint density at radius 3 is 2.58 bits per heavy atom. The first-order chi connectivity index (χ1) is 12.3. The number of carbonyl (C=O) groups is 2. The monoisotopic (exact) mass is 393 g/mol. The summed E-state index contributed by atoms with van der Waals surface area (Å²) in [6, 6.07) is 12.5. The van der Waals surface area contributed by atoms with Crippen LogP contribution in [0.15, 0.2) is 42.5 Å². The van der Waals surface area contributed by atoms with Gasteiger partial charge in [0.1, 0.15) is 0 Å². The average molecular weight is 394 g/mol. The summed E-state index contributed by atoms with van der Waals surface area (Å²) in [4.78, 5) is 25.4. The molecule has 0 saturated heterocycles. The fourth-order valence-corrected chi connectivity index (χ4v) is 2.62. The van der Waals surface area contributed by atoms with E-state index in [0.29, 0.717) is 28.6 Å². The number of carbonyl (C=O) groups excluding carboxylic acids is 2. The lowest BCUT2D eigenvalue weighted by Crippen LogP contribution is -2.22. The lowest BCUT2D eigenvalue weighted by atomic mass is 10.1. The molecule has 2 aromatic rings. The van der Waals surface area contributed by atoms with Crippen molar-refractivity contribution in [1.82, 2.24) is 4.90 Å². The Bertz CT molecular complexity index is 794. The highest BCUT2D eigenvalue weighted by atomic mass is 35.5. The molecule has 0 unspecified atom stereocenters. The molecule has 2 aromatic carbocycles. The molecule has 0 aliphatic carbocycles. The van der Waals surface area contributed by atoms with E-state index in [1.807, 2.05) is 24.3 Å². The highest BCUT2D eigenvalue weighted by Crippen LogP contribution is 2.25. The van der Waals surface area contributed by atoms with E-state index in [1.54, 1.807) is 37.2 Å². The number of aryl methyl sites for hydroxylation is 1. The van der Waals surface area contributed by atoms with Crippen LogP contribution in [0, 0.1) is 0 Å². The van der Waals surface area contributed by atoms with Gasteiger partial charge in [-0.1, -0.05) is 35.3 Å². The second-order valence-corrected chi connectivity index (χ2v) is 6.86. The normalized spacial score (nSPS) is 10.3. The number of nitrogens with one attached hydrogen (secondary N) is 2. The minimum Gasteiger partial charge on any atom is -0.376 e. The topological polar surface area (TPSA) is 61.4 Å². The standard InChI is InChI=1S/C19H21Cl2N3O2/c1-24(2)19(26)9-6-13-4-3-5-15(10-13)22-12-18(25)23-17-11-14(20)7-8-16(17)21/h3-5,7-8,10-11,22H,6,9,12H2,1-2H3,(H,23,25). The van der Waals surface area contributed by atoms with Crippen molar-refractivity contribution in [1.29, 1.82) is 0 Å². The summed E-state index contributed by atoms with van der Waals surface area (Å²) in [5.74, 6) is -0.150. The van der Waals surface area contributed by atoms with Crippen molar-refractivity contribution in [3.8, 4) is 0 Å². The average Bonchev–Trinajstić information content (AvgIpc) is 2.61. The number of halogens is 2. The van der Waals surface area contributed by atoms with Crippen molar-refractivity contribution in [2.75, 3.05) is 31.3 Å². The molecule has 2 N–H and O–H groups in total. The first kappa shape index (κ1) is 20.1. The number of hydrogen-bond acceptors (Lipinski definition) is 3. The van der Waals surface area contributed by atoms with Gasteiger partial charge in [-0.25, -0.2) is 0 Å². The van der Waals surface area contributed by atoms with Crippen molar-refractivity contribution in [2.45, 2.75) is 12.8 Å². The van der Waals surface area contributed by atoms with Crippen LogP contribution in [0.4, 0.5) is 11.4 Å². The van der Waals surface area contributed by atoms with Gasteiger partial charge in [0.05, 0.1) is 17.3 Å². The van der Waals surface area contributed by atoms with Crippen LogP contribution in [-0.4, -0.2) is 37.4 Å². The molecule has 0 radical (unpaired) electrons. The zero-order valence-electron chi connectivity index (χ0n) is 14.7. The number of amides is 2. The summed E-state index contributed by atoms with van der Waals surface area (Å²) >= 11 is 11.9. The summed E-state index contributed by atoms with van der Waals surface area (Å²) in [5.41, 5.74) is 2.32. The van der Waals surface area contributed by atoms with Gasteiger partial charge in [0.15, 0.2) is 0 Å². The Morgan fingerprint density at radius 2 is 1.85 bits per heavy atom. The number of rotatable bonds is 7. The van der Waals surface area contributed by atoms with Gasteiger partial charge in [0.25, 0.3) is 0 Å². The summed E-state index contributed by atoms with van der Waals surface area (Å²) in [5, 5.41) is 6.71. The minimum atomic E-state index is -0.234. The second kappa shape index (κ2) is 9.46. The Morgan fingerprint density at radius 1 is 1.08 bits per heavy atom. The van der Waals surface area contributed by atoms with E-state index in [0.717, 1.165) is 11.3 Å². The predicted octanol–water partition coefficient (Wildman–Crippen LogP) is 4.06. The van der Waals surface area contributed by atoms with Crippen LogP contribution in [0.5, 0.6) is 0 Å². The SMILES string of the molecule is CN(C)C(=O)CCc1cccc(NCC(=O)Nc2cc(Cl)ccc2Cl)c1. The zero-order chi connectivity index (χ0) is 19.1. The van der Waals surface area contributed by atoms with Gasteiger partial charge in [-0.15, -0.1) is 0 Å². The molecule has 0 bridgehead atoms. The molecule has 5 nitrogen and oxygen atoms in total. The quantitative estimate of drug-likeness (QED) is 0.745. The van der Waals surface area contributed by atoms with Crippen LogP contribution in [-0.2, 0) is 16.0 Å². The van der Waals surface area contributed by atoms with Gasteiger partial charge in [-0.2, -0.15) is 0 Å². The molecule has 7 heteroatoms. The fraction of sp³-hybridized carbons (Fsp3) is 0.263. The van der Waals surface area contributed by atoms with E-state index in [4.69, 9.17) is 23.2 Å². The second-order valence-electron chi connectivity index (χ2n) is 6.01. The highest BCUT2D eigenvalue weighted by Gasteiger charge is 2.08. The Labute approximate surface area is 163 Å². The highest BCUT2D eigenvalue weighted by molar-refractivity contribution is 6.35. The third kappa shape index (κ3) is 6.24. The molecular formula is C19H21Cl2N3O2. The molecule has 2 amide bonds. The molecule has 0 aliphatic rings. The maximum absolute atomic E-state index is 12.1. The molecule has 26 heavy (non-hydrogen) atoms. The summed E-state index contributed by atoms with van der Waals surface area (Å²) in [6.07, 6.45) is 1.10. The number of nitrogens with zero attached hydrogens (tertiary/aromatic N) is 1. The third-order valence-corrected chi connectivity index (χ3v) is 4.27. The van der Waals surface area contributed by atoms with Gasteiger partial charge < -0.3 is 15.5 Å². The lowest BCUT2D eigenvalue weighted by Gasteiger charge is -2.12. The van der Waals surface area contributed by atoms with Crippen molar-refractivity contribution in [2.24, 2.45) is 0 Å². The predicted molar refractivity (Wildman–Crippen MR) is 107 cm³/mol. The van der Waals surface area contributed by atoms with Gasteiger partial charge in [0.2, 0.25) is 11.8 Å². The molecule has 0 fully saturated rings. The lowest BCUT2D eigenvalue weighted by molar-refractivity contribution is -0.128. The van der Waals surface area contributed by atoms with Crippen LogP contribution in [0.1, 0.15) is 12.0 Å². The maximum Gasteiger partial charge on any atom is 0.243 e. The molecular weight excluding hydrogens is 373 g/mol. The van der Waals surface area contributed by atoms with Crippen molar-refractivity contribution >= 4 is 46.4 Å². The first-order valence-corrected chi connectivity index (χ1v) is 8.88. The van der Waals surface area contributed by atoms with Gasteiger partial charge in [-0.3, -0.25) is 9.59 Å². The molecule has 0 spiro atoms.